The maximum atomic E-state index is 5.53. The summed E-state index contributed by atoms with van der Waals surface area (Å²) in [5, 5.41) is 3.89. The van der Waals surface area contributed by atoms with Crippen LogP contribution in [-0.2, 0) is 6.42 Å². The second-order valence-corrected chi connectivity index (χ2v) is 11.8. The van der Waals surface area contributed by atoms with Crippen LogP contribution >= 0.6 is 0 Å². The van der Waals surface area contributed by atoms with E-state index in [1.54, 1.807) is 0 Å². The molecule has 3 aliphatic carbocycles. The fourth-order valence-electron chi connectivity index (χ4n) is 6.81. The lowest BCUT2D eigenvalue weighted by atomic mass is 9.94. The smallest absolute Gasteiger partial charge is 0.0863 e. The van der Waals surface area contributed by atoms with Crippen molar-refractivity contribution in [1.82, 2.24) is 4.98 Å². The highest BCUT2D eigenvalue weighted by Crippen LogP contribution is 2.41. The molecule has 2 heterocycles. The number of para-hydroxylation sites is 2. The van der Waals surface area contributed by atoms with E-state index in [-0.39, 0.29) is 12.1 Å². The Labute approximate surface area is 234 Å². The molecule has 2 aromatic rings. The molecule has 6 rings (SSSR count). The van der Waals surface area contributed by atoms with Gasteiger partial charge in [0.2, 0.25) is 0 Å². The molecular formula is C34H43N5. The van der Waals surface area contributed by atoms with Crippen molar-refractivity contribution in [3.05, 3.63) is 72.1 Å². The Kier molecular flexibility index (Phi) is 7.94. The van der Waals surface area contributed by atoms with Gasteiger partial charge in [-0.05, 0) is 69.2 Å². The van der Waals surface area contributed by atoms with Crippen molar-refractivity contribution in [2.24, 2.45) is 9.98 Å². The summed E-state index contributed by atoms with van der Waals surface area (Å²) in [6, 6.07) is 12.2. The minimum atomic E-state index is 0.141. The highest BCUT2D eigenvalue weighted by molar-refractivity contribution is 6.06. The fraction of sp³-hybridized carbons (Fsp3) is 0.500. The largest absolute Gasteiger partial charge is 0.375 e. The second kappa shape index (κ2) is 11.9. The van der Waals surface area contributed by atoms with Crippen LogP contribution in [0.25, 0.3) is 0 Å². The molecular weight excluding hydrogens is 478 g/mol. The first-order chi connectivity index (χ1) is 19.2. The Morgan fingerprint density at radius 2 is 1.90 bits per heavy atom. The molecule has 5 heteroatoms. The van der Waals surface area contributed by atoms with Gasteiger partial charge < -0.3 is 10.2 Å². The Morgan fingerprint density at radius 1 is 1.05 bits per heavy atom. The minimum Gasteiger partial charge on any atom is -0.375 e. The zero-order valence-electron chi connectivity index (χ0n) is 23.6. The Hall–Kier alpha value is -3.21. The zero-order chi connectivity index (χ0) is 26.6. The number of allylic oxidation sites excluding steroid dienone is 2. The molecule has 1 aliphatic heterocycles. The van der Waals surface area contributed by atoms with Gasteiger partial charge in [0.25, 0.3) is 0 Å². The van der Waals surface area contributed by atoms with Gasteiger partial charge in [-0.2, -0.15) is 0 Å². The van der Waals surface area contributed by atoms with Crippen LogP contribution in [0, 0.1) is 0 Å². The third-order valence-electron chi connectivity index (χ3n) is 8.97. The number of pyridine rings is 1. The number of nitrogens with zero attached hydrogens (tertiary/aromatic N) is 4. The molecule has 0 bridgehead atoms. The van der Waals surface area contributed by atoms with Gasteiger partial charge in [0, 0.05) is 36.3 Å². The van der Waals surface area contributed by atoms with Crippen LogP contribution < -0.4 is 10.2 Å². The molecule has 2 fully saturated rings. The molecule has 1 aromatic carbocycles. The summed E-state index contributed by atoms with van der Waals surface area (Å²) in [5.74, 6) is 0. The number of fused-ring (bicyclic) bond motifs is 2. The normalized spacial score (nSPS) is 26.7. The van der Waals surface area contributed by atoms with Crippen LogP contribution in [0.3, 0.4) is 0 Å². The Bertz CT molecular complexity index is 1280. The molecule has 1 aromatic heterocycles. The molecule has 4 aliphatic rings. The fourth-order valence-corrected chi connectivity index (χ4v) is 6.81. The van der Waals surface area contributed by atoms with Gasteiger partial charge >= 0.3 is 0 Å². The quantitative estimate of drug-likeness (QED) is 0.406. The number of nitrogens with one attached hydrogen (secondary N) is 1. The van der Waals surface area contributed by atoms with Gasteiger partial charge in [0.15, 0.2) is 0 Å². The summed E-state index contributed by atoms with van der Waals surface area (Å²) in [6.07, 6.45) is 23.7. The third-order valence-corrected chi connectivity index (χ3v) is 8.97. The summed E-state index contributed by atoms with van der Waals surface area (Å²) in [4.78, 5) is 18.1. The molecule has 3 unspecified atom stereocenters. The van der Waals surface area contributed by atoms with E-state index in [0.29, 0.717) is 12.1 Å². The number of hydrogen-bond donors (Lipinski definition) is 1. The van der Waals surface area contributed by atoms with Crippen LogP contribution in [0.4, 0.5) is 17.1 Å². The van der Waals surface area contributed by atoms with E-state index in [1.807, 2.05) is 12.4 Å². The predicted molar refractivity (Wildman–Crippen MR) is 165 cm³/mol. The van der Waals surface area contributed by atoms with Crippen molar-refractivity contribution < 1.29 is 0 Å². The number of aryl methyl sites for hydroxylation is 1. The van der Waals surface area contributed by atoms with Gasteiger partial charge in [-0.1, -0.05) is 68.5 Å². The second-order valence-electron chi connectivity index (χ2n) is 11.8. The summed E-state index contributed by atoms with van der Waals surface area (Å²) in [6.45, 7) is 4.39. The predicted octanol–water partition coefficient (Wildman–Crippen LogP) is 8.01. The lowest BCUT2D eigenvalue weighted by Gasteiger charge is -2.42. The third kappa shape index (κ3) is 5.88. The van der Waals surface area contributed by atoms with Gasteiger partial charge in [0.05, 0.1) is 35.2 Å². The van der Waals surface area contributed by atoms with Crippen molar-refractivity contribution in [1.29, 1.82) is 0 Å². The standard InChI is InChI=1S/C34H43N5/c1-3-25-20-27(23-35-22-25)37-31-21-32-34(19-18-29(31)36-26-10-6-4-5-7-11-26)39(28-16-14-24(2)15-17-28)33-13-9-8-12-30(33)38-32/h8-9,12-16,20,22-23,26,28,31,34,37H,3-7,10-11,17-19,21H2,1-2H3. The molecule has 0 amide bonds. The number of hydrogen-bond acceptors (Lipinski definition) is 5. The van der Waals surface area contributed by atoms with E-state index in [0.717, 1.165) is 43.5 Å². The summed E-state index contributed by atoms with van der Waals surface area (Å²) >= 11 is 0. The number of anilines is 2. The van der Waals surface area contributed by atoms with Gasteiger partial charge in [0.1, 0.15) is 0 Å². The molecule has 0 saturated heterocycles. The lowest BCUT2D eigenvalue weighted by Crippen LogP contribution is -2.49. The van der Waals surface area contributed by atoms with E-state index in [1.165, 1.54) is 66.8 Å². The molecule has 0 radical (unpaired) electrons. The average Bonchev–Trinajstić information content (AvgIpc) is 3.32. The molecule has 204 valence electrons. The Morgan fingerprint density at radius 3 is 2.69 bits per heavy atom. The highest BCUT2D eigenvalue weighted by atomic mass is 15.2. The van der Waals surface area contributed by atoms with Crippen LogP contribution in [0.2, 0.25) is 0 Å². The summed E-state index contributed by atoms with van der Waals surface area (Å²) < 4.78 is 0. The first-order valence-electron chi connectivity index (χ1n) is 15.2. The summed E-state index contributed by atoms with van der Waals surface area (Å²) in [5.41, 5.74) is 8.70. The maximum Gasteiger partial charge on any atom is 0.0863 e. The van der Waals surface area contributed by atoms with E-state index in [9.17, 15) is 0 Å². The number of rotatable bonds is 5. The SMILES string of the molecule is CCc1cncc(NC2CC3=Nc4ccccc4N(C4C=CC(C)=CC4)C3CCC2=NC2CCCCCC2)c1. The molecule has 0 spiro atoms. The highest BCUT2D eigenvalue weighted by Gasteiger charge is 2.38. The maximum absolute atomic E-state index is 5.53. The van der Waals surface area contributed by atoms with Crippen molar-refractivity contribution in [3.8, 4) is 0 Å². The van der Waals surface area contributed by atoms with E-state index in [2.05, 4.69) is 77.6 Å². The first kappa shape index (κ1) is 26.0. The number of aliphatic imine (C=N–C) groups is 2. The van der Waals surface area contributed by atoms with Gasteiger partial charge in [-0.3, -0.25) is 15.0 Å². The van der Waals surface area contributed by atoms with Gasteiger partial charge in [-0.25, -0.2) is 0 Å². The molecule has 2 saturated carbocycles. The van der Waals surface area contributed by atoms with E-state index >= 15 is 0 Å². The van der Waals surface area contributed by atoms with Crippen LogP contribution in [0.15, 0.2) is 76.5 Å². The molecule has 3 atom stereocenters. The van der Waals surface area contributed by atoms with Gasteiger partial charge in [-0.15, -0.1) is 0 Å². The van der Waals surface area contributed by atoms with Crippen molar-refractivity contribution >= 4 is 28.5 Å². The molecule has 39 heavy (non-hydrogen) atoms. The summed E-state index contributed by atoms with van der Waals surface area (Å²) in [7, 11) is 0. The van der Waals surface area contributed by atoms with E-state index < -0.39 is 0 Å². The molecule has 1 N–H and O–H groups in total. The molecule has 5 nitrogen and oxygen atoms in total. The Balaban J connectivity index is 1.36. The monoisotopic (exact) mass is 521 g/mol. The number of aromatic nitrogens is 1. The first-order valence-corrected chi connectivity index (χ1v) is 15.2. The van der Waals surface area contributed by atoms with Crippen molar-refractivity contribution in [3.63, 3.8) is 0 Å². The van der Waals surface area contributed by atoms with Crippen LogP contribution in [0.5, 0.6) is 0 Å². The zero-order valence-corrected chi connectivity index (χ0v) is 23.6. The lowest BCUT2D eigenvalue weighted by molar-refractivity contribution is 0.578. The topological polar surface area (TPSA) is 52.9 Å². The number of benzene rings is 1. The van der Waals surface area contributed by atoms with Crippen molar-refractivity contribution in [2.75, 3.05) is 10.2 Å². The van der Waals surface area contributed by atoms with Crippen molar-refractivity contribution in [2.45, 2.75) is 109 Å². The average molecular weight is 522 g/mol. The van der Waals surface area contributed by atoms with Crippen LogP contribution in [-0.4, -0.2) is 40.6 Å². The van der Waals surface area contributed by atoms with E-state index in [4.69, 9.17) is 9.98 Å². The van der Waals surface area contributed by atoms with Crippen LogP contribution in [0.1, 0.15) is 83.6 Å². The minimum absolute atomic E-state index is 0.141.